The van der Waals surface area contributed by atoms with Crippen LogP contribution in [0.5, 0.6) is 0 Å². The summed E-state index contributed by atoms with van der Waals surface area (Å²) in [5.41, 5.74) is 2.74. The summed E-state index contributed by atoms with van der Waals surface area (Å²) < 4.78 is 0. The molecule has 0 fully saturated rings. The second-order valence-electron chi connectivity index (χ2n) is 7.32. The second-order valence-corrected chi connectivity index (χ2v) is 9.18. The standard InChI is InChI=1S/C22H21NO3S2/c1-22(2,3)15-8-6-14(7-9-15)17-13-28-20(19(17)21(25)26)23-18(24)11-10-16-5-4-12-27-16/h4-13H,1-3H3,(H,23,24)(H,25,26)/b11-10+. The van der Waals surface area contributed by atoms with Crippen molar-refractivity contribution in [2.45, 2.75) is 26.2 Å². The number of benzene rings is 1. The average molecular weight is 412 g/mol. The van der Waals surface area contributed by atoms with E-state index < -0.39 is 5.97 Å². The van der Waals surface area contributed by atoms with Crippen LogP contribution in [0.15, 0.2) is 53.2 Å². The Balaban J connectivity index is 1.86. The van der Waals surface area contributed by atoms with Crippen LogP contribution in [0.4, 0.5) is 5.00 Å². The fourth-order valence-corrected chi connectivity index (χ4v) is 4.30. The maximum absolute atomic E-state index is 12.2. The van der Waals surface area contributed by atoms with Gasteiger partial charge in [0.15, 0.2) is 0 Å². The Kier molecular flexibility index (Phi) is 5.82. The summed E-state index contributed by atoms with van der Waals surface area (Å²) in [7, 11) is 0. The summed E-state index contributed by atoms with van der Waals surface area (Å²) in [6.07, 6.45) is 3.12. The molecule has 144 valence electrons. The first-order valence-corrected chi connectivity index (χ1v) is 10.5. The van der Waals surface area contributed by atoms with Crippen molar-refractivity contribution in [1.29, 1.82) is 0 Å². The molecule has 0 aliphatic carbocycles. The lowest BCUT2D eigenvalue weighted by atomic mass is 9.86. The topological polar surface area (TPSA) is 66.4 Å². The molecule has 0 saturated heterocycles. The number of carbonyl (C=O) groups is 2. The molecule has 3 rings (SSSR count). The normalized spacial score (nSPS) is 11.7. The summed E-state index contributed by atoms with van der Waals surface area (Å²) in [5, 5.41) is 16.4. The van der Waals surface area contributed by atoms with Crippen molar-refractivity contribution in [3.8, 4) is 11.1 Å². The van der Waals surface area contributed by atoms with Crippen molar-refractivity contribution in [1.82, 2.24) is 0 Å². The largest absolute Gasteiger partial charge is 0.478 e. The third-order valence-electron chi connectivity index (χ3n) is 4.25. The van der Waals surface area contributed by atoms with Crippen molar-refractivity contribution < 1.29 is 14.7 Å². The molecule has 2 N–H and O–H groups in total. The summed E-state index contributed by atoms with van der Waals surface area (Å²) in [5.74, 6) is -1.42. The Hall–Kier alpha value is -2.70. The zero-order valence-corrected chi connectivity index (χ0v) is 17.5. The van der Waals surface area contributed by atoms with E-state index in [2.05, 4.69) is 26.1 Å². The van der Waals surface area contributed by atoms with E-state index in [1.165, 1.54) is 34.3 Å². The molecule has 0 radical (unpaired) electrons. The predicted octanol–water partition coefficient (Wildman–Crippen LogP) is 6.12. The monoisotopic (exact) mass is 411 g/mol. The van der Waals surface area contributed by atoms with Gasteiger partial charge in [-0.2, -0.15) is 0 Å². The van der Waals surface area contributed by atoms with Gasteiger partial charge in [-0.25, -0.2) is 4.79 Å². The smallest absolute Gasteiger partial charge is 0.339 e. The van der Waals surface area contributed by atoms with E-state index >= 15 is 0 Å². The molecule has 0 atom stereocenters. The fraction of sp³-hybridized carbons (Fsp3) is 0.182. The SMILES string of the molecule is CC(C)(C)c1ccc(-c2csc(NC(=O)/C=C/c3cccs3)c2C(=O)O)cc1. The van der Waals surface area contributed by atoms with Crippen LogP contribution < -0.4 is 5.32 Å². The predicted molar refractivity (Wildman–Crippen MR) is 117 cm³/mol. The lowest BCUT2D eigenvalue weighted by Crippen LogP contribution is -2.11. The number of rotatable bonds is 5. The van der Waals surface area contributed by atoms with Gasteiger partial charge >= 0.3 is 5.97 Å². The average Bonchev–Trinajstić information content (AvgIpc) is 3.29. The van der Waals surface area contributed by atoms with Crippen molar-refractivity contribution in [2.24, 2.45) is 0 Å². The molecule has 2 aromatic heterocycles. The first kappa shape index (κ1) is 20.0. The number of hydrogen-bond donors (Lipinski definition) is 2. The number of aromatic carboxylic acids is 1. The molecule has 0 aliphatic heterocycles. The fourth-order valence-electron chi connectivity index (χ4n) is 2.72. The molecule has 0 unspecified atom stereocenters. The first-order valence-electron chi connectivity index (χ1n) is 8.74. The summed E-state index contributed by atoms with van der Waals surface area (Å²) >= 11 is 2.74. The first-order chi connectivity index (χ1) is 13.3. The van der Waals surface area contributed by atoms with Crippen LogP contribution >= 0.6 is 22.7 Å². The molecule has 0 aliphatic rings. The highest BCUT2D eigenvalue weighted by atomic mass is 32.1. The maximum Gasteiger partial charge on any atom is 0.339 e. The highest BCUT2D eigenvalue weighted by Crippen LogP contribution is 2.36. The molecule has 0 bridgehead atoms. The Labute approximate surface area is 172 Å². The minimum atomic E-state index is -1.06. The van der Waals surface area contributed by atoms with Gasteiger partial charge in [-0.05, 0) is 34.1 Å². The number of carboxylic acid groups (broad SMARTS) is 1. The highest BCUT2D eigenvalue weighted by molar-refractivity contribution is 7.15. The molecule has 0 spiro atoms. The number of thiophene rings is 2. The van der Waals surface area contributed by atoms with Gasteiger partial charge in [-0.1, -0.05) is 51.1 Å². The molecule has 28 heavy (non-hydrogen) atoms. The number of nitrogens with one attached hydrogen (secondary N) is 1. The number of carbonyl (C=O) groups excluding carboxylic acids is 1. The quantitative estimate of drug-likeness (QED) is 0.497. The summed E-state index contributed by atoms with van der Waals surface area (Å²) in [6, 6.07) is 11.7. The van der Waals surface area contributed by atoms with Gasteiger partial charge in [0.25, 0.3) is 0 Å². The molecule has 3 aromatic rings. The molecular weight excluding hydrogens is 390 g/mol. The molecular formula is C22H21NO3S2. The number of anilines is 1. The minimum Gasteiger partial charge on any atom is -0.478 e. The van der Waals surface area contributed by atoms with Crippen LogP contribution in [0, 0.1) is 0 Å². The Morgan fingerprint density at radius 3 is 2.36 bits per heavy atom. The second kappa shape index (κ2) is 8.12. The minimum absolute atomic E-state index is 0.0246. The Morgan fingerprint density at radius 2 is 1.79 bits per heavy atom. The van der Waals surface area contributed by atoms with E-state index in [1.54, 1.807) is 11.5 Å². The Morgan fingerprint density at radius 1 is 1.07 bits per heavy atom. The van der Waals surface area contributed by atoms with E-state index in [9.17, 15) is 14.7 Å². The zero-order valence-electron chi connectivity index (χ0n) is 15.9. The molecule has 1 amide bonds. The highest BCUT2D eigenvalue weighted by Gasteiger charge is 2.21. The number of hydrogen-bond acceptors (Lipinski definition) is 4. The maximum atomic E-state index is 12.2. The summed E-state index contributed by atoms with van der Waals surface area (Å²) in [6.45, 7) is 6.39. The zero-order chi connectivity index (χ0) is 20.3. The van der Waals surface area contributed by atoms with Gasteiger partial charge in [0.2, 0.25) is 5.91 Å². The van der Waals surface area contributed by atoms with E-state index in [1.807, 2.05) is 41.8 Å². The van der Waals surface area contributed by atoms with E-state index in [0.717, 1.165) is 10.4 Å². The third-order valence-corrected chi connectivity index (χ3v) is 5.98. The van der Waals surface area contributed by atoms with Gasteiger partial charge in [0.1, 0.15) is 10.6 Å². The molecule has 1 aromatic carbocycles. The van der Waals surface area contributed by atoms with Gasteiger partial charge < -0.3 is 10.4 Å². The van der Waals surface area contributed by atoms with Crippen molar-refractivity contribution in [3.05, 3.63) is 69.2 Å². The molecule has 4 nitrogen and oxygen atoms in total. The van der Waals surface area contributed by atoms with Gasteiger partial charge in [0.05, 0.1) is 0 Å². The van der Waals surface area contributed by atoms with Gasteiger partial charge in [-0.15, -0.1) is 22.7 Å². The lowest BCUT2D eigenvalue weighted by Gasteiger charge is -2.19. The van der Waals surface area contributed by atoms with Gasteiger partial charge in [0, 0.05) is 21.9 Å². The number of carboxylic acids is 1. The molecule has 6 heteroatoms. The lowest BCUT2D eigenvalue weighted by molar-refractivity contribution is -0.111. The molecule has 2 heterocycles. The summed E-state index contributed by atoms with van der Waals surface area (Å²) in [4.78, 5) is 25.0. The van der Waals surface area contributed by atoms with Crippen LogP contribution in [0.2, 0.25) is 0 Å². The van der Waals surface area contributed by atoms with Crippen molar-refractivity contribution in [2.75, 3.05) is 5.32 Å². The van der Waals surface area contributed by atoms with Crippen molar-refractivity contribution in [3.63, 3.8) is 0 Å². The Bertz CT molecular complexity index is 1010. The van der Waals surface area contributed by atoms with Crippen LogP contribution in [0.25, 0.3) is 17.2 Å². The van der Waals surface area contributed by atoms with E-state index in [-0.39, 0.29) is 16.9 Å². The van der Waals surface area contributed by atoms with Crippen LogP contribution in [-0.2, 0) is 10.2 Å². The van der Waals surface area contributed by atoms with Gasteiger partial charge in [-0.3, -0.25) is 4.79 Å². The van der Waals surface area contributed by atoms with E-state index in [0.29, 0.717) is 10.6 Å². The number of amides is 1. The third kappa shape index (κ3) is 4.58. The van der Waals surface area contributed by atoms with Crippen molar-refractivity contribution >= 4 is 45.6 Å². The van der Waals surface area contributed by atoms with Crippen LogP contribution in [0.3, 0.4) is 0 Å². The van der Waals surface area contributed by atoms with E-state index in [4.69, 9.17) is 0 Å². The van der Waals surface area contributed by atoms with Crippen LogP contribution in [0.1, 0.15) is 41.6 Å². The molecule has 0 saturated carbocycles. The van der Waals surface area contributed by atoms with Crippen LogP contribution in [-0.4, -0.2) is 17.0 Å².